The number of carboxylic acids is 1. The van der Waals surface area contributed by atoms with Crippen LogP contribution in [0.5, 0.6) is 0 Å². The fourth-order valence-electron chi connectivity index (χ4n) is 1.43. The Balaban J connectivity index is 2.34. The zero-order valence-electron chi connectivity index (χ0n) is 6.40. The normalized spacial score (nSPS) is 27.2. The number of β-lactam (4-membered cyclic amide) rings is 1. The quantitative estimate of drug-likeness (QED) is 0.608. The monoisotopic (exact) mass is 185 g/mol. The van der Waals surface area contributed by atoms with Crippen molar-refractivity contribution in [1.29, 1.82) is 0 Å². The number of fused-ring (bicyclic) bond motifs is 1. The Morgan fingerprint density at radius 1 is 1.75 bits per heavy atom. The highest BCUT2D eigenvalue weighted by molar-refractivity contribution is 8.04. The van der Waals surface area contributed by atoms with Crippen LogP contribution in [0.1, 0.15) is 13.3 Å². The van der Waals surface area contributed by atoms with E-state index in [0.717, 1.165) is 4.91 Å². The predicted octanol–water partition coefficient (Wildman–Crippen LogP) is 0.608. The summed E-state index contributed by atoms with van der Waals surface area (Å²) in [5.74, 6) is -1.09. The SMILES string of the molecule is CC1=C(C(=O)O)N2C(=O)C[C@H]2S1. The number of aliphatic carboxylic acids is 1. The van der Waals surface area contributed by atoms with E-state index in [1.807, 2.05) is 0 Å². The second-order valence-electron chi connectivity index (χ2n) is 2.75. The van der Waals surface area contributed by atoms with E-state index in [1.54, 1.807) is 6.92 Å². The Kier molecular flexibility index (Phi) is 1.44. The minimum absolute atomic E-state index is 0.0589. The number of thioether (sulfide) groups is 1. The Labute approximate surface area is 73.2 Å². The molecular formula is C7H7NO3S. The Bertz CT molecular complexity index is 310. The van der Waals surface area contributed by atoms with E-state index in [0.29, 0.717) is 6.42 Å². The molecule has 0 saturated carbocycles. The van der Waals surface area contributed by atoms with Crippen molar-refractivity contribution in [3.8, 4) is 0 Å². The first-order chi connectivity index (χ1) is 5.61. The number of rotatable bonds is 1. The maximum Gasteiger partial charge on any atom is 0.353 e. The van der Waals surface area contributed by atoms with Gasteiger partial charge in [0.2, 0.25) is 5.91 Å². The summed E-state index contributed by atoms with van der Waals surface area (Å²) in [4.78, 5) is 23.8. The van der Waals surface area contributed by atoms with Gasteiger partial charge in [0.05, 0.1) is 11.8 Å². The lowest BCUT2D eigenvalue weighted by atomic mass is 10.1. The zero-order chi connectivity index (χ0) is 8.88. The summed E-state index contributed by atoms with van der Waals surface area (Å²) in [6.07, 6.45) is 0.471. The van der Waals surface area contributed by atoms with Gasteiger partial charge in [-0.3, -0.25) is 9.69 Å². The topological polar surface area (TPSA) is 57.6 Å². The van der Waals surface area contributed by atoms with E-state index < -0.39 is 5.97 Å². The minimum atomic E-state index is -1.00. The molecule has 2 aliphatic rings. The van der Waals surface area contributed by atoms with Crippen molar-refractivity contribution >= 4 is 23.6 Å². The summed E-state index contributed by atoms with van der Waals surface area (Å²) >= 11 is 1.46. The molecule has 0 aliphatic carbocycles. The van der Waals surface area contributed by atoms with Gasteiger partial charge in [-0.05, 0) is 6.92 Å². The molecule has 12 heavy (non-hydrogen) atoms. The van der Waals surface area contributed by atoms with Crippen molar-refractivity contribution in [2.24, 2.45) is 0 Å². The zero-order valence-corrected chi connectivity index (χ0v) is 7.22. The maximum atomic E-state index is 11.0. The van der Waals surface area contributed by atoms with Crippen molar-refractivity contribution in [3.05, 3.63) is 10.6 Å². The Hall–Kier alpha value is -0.970. The summed E-state index contributed by atoms with van der Waals surface area (Å²) < 4.78 is 0. The number of hydrogen-bond acceptors (Lipinski definition) is 3. The molecule has 1 fully saturated rings. The van der Waals surface area contributed by atoms with Gasteiger partial charge in [0.1, 0.15) is 5.70 Å². The summed E-state index contributed by atoms with van der Waals surface area (Å²) in [6.45, 7) is 1.74. The molecule has 4 nitrogen and oxygen atoms in total. The number of carbonyl (C=O) groups excluding carboxylic acids is 1. The van der Waals surface area contributed by atoms with Gasteiger partial charge in [0.25, 0.3) is 0 Å². The van der Waals surface area contributed by atoms with Crippen LogP contribution in [0.2, 0.25) is 0 Å². The molecule has 2 rings (SSSR count). The molecule has 0 aromatic heterocycles. The third-order valence-corrected chi connectivity index (χ3v) is 3.19. The fraction of sp³-hybridized carbons (Fsp3) is 0.429. The lowest BCUT2D eigenvalue weighted by Crippen LogP contribution is -2.48. The van der Waals surface area contributed by atoms with E-state index in [-0.39, 0.29) is 17.0 Å². The molecular weight excluding hydrogens is 178 g/mol. The largest absolute Gasteiger partial charge is 0.477 e. The van der Waals surface area contributed by atoms with Crippen LogP contribution >= 0.6 is 11.8 Å². The molecule has 5 heteroatoms. The van der Waals surface area contributed by atoms with Crippen LogP contribution in [-0.4, -0.2) is 27.3 Å². The molecule has 1 atom stereocenters. The molecule has 64 valence electrons. The number of hydrogen-bond donors (Lipinski definition) is 1. The van der Waals surface area contributed by atoms with Crippen molar-refractivity contribution in [1.82, 2.24) is 4.90 Å². The van der Waals surface area contributed by atoms with E-state index >= 15 is 0 Å². The Morgan fingerprint density at radius 2 is 2.42 bits per heavy atom. The highest BCUT2D eigenvalue weighted by Crippen LogP contribution is 2.45. The van der Waals surface area contributed by atoms with E-state index in [2.05, 4.69) is 0 Å². The molecule has 0 unspecified atom stereocenters. The van der Waals surface area contributed by atoms with E-state index in [1.165, 1.54) is 16.7 Å². The molecule has 0 radical (unpaired) electrons. The van der Waals surface area contributed by atoms with Gasteiger partial charge in [0.15, 0.2) is 0 Å². The smallest absolute Gasteiger partial charge is 0.353 e. The molecule has 2 aliphatic heterocycles. The first kappa shape index (κ1) is 7.67. The highest BCUT2D eigenvalue weighted by atomic mass is 32.2. The van der Waals surface area contributed by atoms with Crippen LogP contribution in [-0.2, 0) is 9.59 Å². The minimum Gasteiger partial charge on any atom is -0.477 e. The van der Waals surface area contributed by atoms with Gasteiger partial charge in [-0.2, -0.15) is 0 Å². The molecule has 0 bridgehead atoms. The number of nitrogens with zero attached hydrogens (tertiary/aromatic N) is 1. The fourth-order valence-corrected chi connectivity index (χ4v) is 2.69. The molecule has 1 N–H and O–H groups in total. The first-order valence-electron chi connectivity index (χ1n) is 3.54. The first-order valence-corrected chi connectivity index (χ1v) is 4.42. The second-order valence-corrected chi connectivity index (χ2v) is 4.14. The van der Waals surface area contributed by atoms with Crippen molar-refractivity contribution < 1.29 is 14.7 Å². The predicted molar refractivity (Wildman–Crippen MR) is 43.2 cm³/mol. The van der Waals surface area contributed by atoms with E-state index in [4.69, 9.17) is 5.11 Å². The van der Waals surface area contributed by atoms with Gasteiger partial charge in [-0.1, -0.05) is 0 Å². The average molecular weight is 185 g/mol. The summed E-state index contributed by atoms with van der Waals surface area (Å²) in [7, 11) is 0. The van der Waals surface area contributed by atoms with Gasteiger partial charge in [-0.15, -0.1) is 11.8 Å². The number of amides is 1. The van der Waals surface area contributed by atoms with Crippen LogP contribution < -0.4 is 0 Å². The summed E-state index contributed by atoms with van der Waals surface area (Å²) in [5, 5.41) is 8.82. The van der Waals surface area contributed by atoms with Crippen LogP contribution in [0.4, 0.5) is 0 Å². The molecule has 2 heterocycles. The van der Waals surface area contributed by atoms with Crippen LogP contribution in [0.25, 0.3) is 0 Å². The summed E-state index contributed by atoms with van der Waals surface area (Å²) in [5.41, 5.74) is 0.168. The van der Waals surface area contributed by atoms with E-state index in [9.17, 15) is 9.59 Å². The Morgan fingerprint density at radius 3 is 2.83 bits per heavy atom. The molecule has 1 amide bonds. The standard InChI is InChI=1S/C7H7NO3S/c1-3-6(7(10)11)8-4(9)2-5(8)12-3/h5H,2H2,1H3,(H,10,11)/t5-/m1/s1. The molecule has 1 saturated heterocycles. The van der Waals surface area contributed by atoms with Gasteiger partial charge >= 0.3 is 5.97 Å². The number of allylic oxidation sites excluding steroid dienone is 1. The molecule has 0 aromatic rings. The van der Waals surface area contributed by atoms with Gasteiger partial charge in [-0.25, -0.2) is 4.79 Å². The second kappa shape index (κ2) is 2.26. The molecule has 0 aromatic carbocycles. The van der Waals surface area contributed by atoms with Crippen LogP contribution in [0.3, 0.4) is 0 Å². The van der Waals surface area contributed by atoms with Gasteiger partial charge in [0, 0.05) is 4.91 Å². The highest BCUT2D eigenvalue weighted by Gasteiger charge is 2.47. The number of carbonyl (C=O) groups is 2. The van der Waals surface area contributed by atoms with Crippen molar-refractivity contribution in [3.63, 3.8) is 0 Å². The van der Waals surface area contributed by atoms with Crippen molar-refractivity contribution in [2.75, 3.05) is 0 Å². The maximum absolute atomic E-state index is 11.0. The number of carboxylic acid groups (broad SMARTS) is 1. The molecule has 0 spiro atoms. The lowest BCUT2D eigenvalue weighted by Gasteiger charge is -2.33. The van der Waals surface area contributed by atoms with Crippen LogP contribution in [0.15, 0.2) is 10.6 Å². The van der Waals surface area contributed by atoms with Crippen LogP contribution in [0, 0.1) is 0 Å². The average Bonchev–Trinajstić information content (AvgIpc) is 2.22. The van der Waals surface area contributed by atoms with Gasteiger partial charge < -0.3 is 5.11 Å². The third kappa shape index (κ3) is 0.797. The third-order valence-electron chi connectivity index (χ3n) is 2.00. The van der Waals surface area contributed by atoms with Crippen molar-refractivity contribution in [2.45, 2.75) is 18.7 Å². The summed E-state index contributed by atoms with van der Waals surface area (Å²) in [6, 6.07) is 0. The lowest BCUT2D eigenvalue weighted by molar-refractivity contribution is -0.145.